The number of hydrogen-bond acceptors (Lipinski definition) is 7. The maximum atomic E-state index is 11.5. The lowest BCUT2D eigenvalue weighted by atomic mass is 10.4. The Morgan fingerprint density at radius 1 is 1.09 bits per heavy atom. The first-order chi connectivity index (χ1) is 11.2. The van der Waals surface area contributed by atoms with Crippen molar-refractivity contribution >= 4 is 34.8 Å². The molecule has 9 heteroatoms. The van der Waals surface area contributed by atoms with Gasteiger partial charge in [-0.15, -0.1) is 0 Å². The zero-order chi connectivity index (χ0) is 16.1. The molecule has 0 spiro atoms. The van der Waals surface area contributed by atoms with Gasteiger partial charge >= 0.3 is 6.03 Å². The lowest BCUT2D eigenvalue weighted by Gasteiger charge is -2.07. The molecule has 0 aliphatic rings. The summed E-state index contributed by atoms with van der Waals surface area (Å²) < 4.78 is 0. The molecule has 3 heterocycles. The molecule has 9 nitrogen and oxygen atoms in total. The first kappa shape index (κ1) is 14.6. The molecule has 0 aromatic carbocycles. The van der Waals surface area contributed by atoms with E-state index in [1.54, 1.807) is 36.8 Å². The third-order valence-electron chi connectivity index (χ3n) is 2.79. The molecule has 3 N–H and O–H groups in total. The van der Waals surface area contributed by atoms with E-state index >= 15 is 0 Å². The van der Waals surface area contributed by atoms with E-state index in [9.17, 15) is 4.79 Å². The number of nitrogens with one attached hydrogen (secondary N) is 3. The van der Waals surface area contributed by atoms with Crippen LogP contribution in [0.4, 0.5) is 22.4 Å². The van der Waals surface area contributed by atoms with Crippen LogP contribution in [0.3, 0.4) is 0 Å². The molecule has 3 aromatic heterocycles. The highest BCUT2D eigenvalue weighted by atomic mass is 16.2. The molecule has 3 aromatic rings. The number of aromatic nitrogens is 5. The number of fused-ring (bicyclic) bond motifs is 1. The van der Waals surface area contributed by atoms with Crippen molar-refractivity contribution in [1.82, 2.24) is 30.2 Å². The molecule has 0 atom stereocenters. The van der Waals surface area contributed by atoms with Crippen molar-refractivity contribution in [2.45, 2.75) is 6.92 Å². The van der Waals surface area contributed by atoms with Crippen LogP contribution in [0.5, 0.6) is 0 Å². The lowest BCUT2D eigenvalue weighted by Crippen LogP contribution is -2.28. The first-order valence-electron chi connectivity index (χ1n) is 6.97. The third-order valence-corrected chi connectivity index (χ3v) is 2.79. The van der Waals surface area contributed by atoms with Crippen LogP contribution in [0.2, 0.25) is 0 Å². The minimum absolute atomic E-state index is 0.320. The number of amides is 2. The predicted molar refractivity (Wildman–Crippen MR) is 85.3 cm³/mol. The topological polar surface area (TPSA) is 118 Å². The Morgan fingerprint density at radius 2 is 1.87 bits per heavy atom. The van der Waals surface area contributed by atoms with E-state index in [2.05, 4.69) is 40.9 Å². The number of hydrogen-bond donors (Lipinski definition) is 3. The fraction of sp³-hybridized carbons (Fsp3) is 0.143. The normalized spacial score (nSPS) is 10.3. The Morgan fingerprint density at radius 3 is 2.65 bits per heavy atom. The van der Waals surface area contributed by atoms with Crippen LogP contribution >= 0.6 is 0 Å². The summed E-state index contributed by atoms with van der Waals surface area (Å²) in [6.45, 7) is 2.37. The molecule has 23 heavy (non-hydrogen) atoms. The van der Waals surface area contributed by atoms with Crippen LogP contribution in [0.15, 0.2) is 36.8 Å². The standard InChI is InChI=1S/C14H14N8O/c1-2-15-14(23)22-10-5-4-9-12(19-10)20-11(8-18-9)21-13-16-6-3-7-17-13/h3-8H,2H2,1H3,(H3,15,16,17,19,20,21,22,23). The van der Waals surface area contributed by atoms with Gasteiger partial charge in [-0.2, -0.15) is 0 Å². The lowest BCUT2D eigenvalue weighted by molar-refractivity contribution is 0.252. The minimum atomic E-state index is -0.320. The van der Waals surface area contributed by atoms with Crippen LogP contribution in [0, 0.1) is 0 Å². The number of carbonyl (C=O) groups excluding carboxylic acids is 1. The zero-order valence-corrected chi connectivity index (χ0v) is 12.3. The van der Waals surface area contributed by atoms with Crippen molar-refractivity contribution in [3.8, 4) is 0 Å². The largest absolute Gasteiger partial charge is 0.338 e. The Bertz CT molecular complexity index is 823. The third kappa shape index (κ3) is 3.64. The number of carbonyl (C=O) groups is 1. The number of pyridine rings is 1. The van der Waals surface area contributed by atoms with Gasteiger partial charge in [0.2, 0.25) is 5.95 Å². The van der Waals surface area contributed by atoms with E-state index in [1.807, 2.05) is 6.92 Å². The number of urea groups is 1. The summed E-state index contributed by atoms with van der Waals surface area (Å²) >= 11 is 0. The quantitative estimate of drug-likeness (QED) is 0.671. The molecule has 3 rings (SSSR count). The zero-order valence-electron chi connectivity index (χ0n) is 12.3. The molecule has 0 fully saturated rings. The molecule has 0 aliphatic heterocycles. The van der Waals surface area contributed by atoms with Crippen molar-refractivity contribution in [1.29, 1.82) is 0 Å². The second kappa shape index (κ2) is 6.60. The highest BCUT2D eigenvalue weighted by Crippen LogP contribution is 2.15. The van der Waals surface area contributed by atoms with Crippen LogP contribution in [-0.4, -0.2) is 37.5 Å². The predicted octanol–water partition coefficient (Wildman–Crippen LogP) is 1.70. The highest BCUT2D eigenvalue weighted by molar-refractivity contribution is 5.89. The van der Waals surface area contributed by atoms with Crippen molar-refractivity contribution in [2.24, 2.45) is 0 Å². The molecule has 0 unspecified atom stereocenters. The summed E-state index contributed by atoms with van der Waals surface area (Å²) in [5.41, 5.74) is 1.02. The summed E-state index contributed by atoms with van der Waals surface area (Å²) in [5.74, 6) is 1.27. The fourth-order valence-corrected chi connectivity index (χ4v) is 1.83. The van der Waals surface area contributed by atoms with Crippen LogP contribution < -0.4 is 16.0 Å². The summed E-state index contributed by atoms with van der Waals surface area (Å²) in [7, 11) is 0. The molecular weight excluding hydrogens is 296 g/mol. The Labute approximate surface area is 131 Å². The fourth-order valence-electron chi connectivity index (χ4n) is 1.83. The van der Waals surface area contributed by atoms with Gasteiger partial charge in [0.15, 0.2) is 11.5 Å². The van der Waals surface area contributed by atoms with E-state index in [-0.39, 0.29) is 6.03 Å². The van der Waals surface area contributed by atoms with Crippen LogP contribution in [0.1, 0.15) is 6.92 Å². The van der Waals surface area contributed by atoms with Gasteiger partial charge in [-0.05, 0) is 25.1 Å². The molecule has 0 saturated carbocycles. The van der Waals surface area contributed by atoms with E-state index in [0.717, 1.165) is 0 Å². The van der Waals surface area contributed by atoms with Crippen molar-refractivity contribution in [2.75, 3.05) is 17.2 Å². The van der Waals surface area contributed by atoms with Gasteiger partial charge < -0.3 is 10.6 Å². The Hall–Kier alpha value is -3.36. The van der Waals surface area contributed by atoms with Crippen molar-refractivity contribution < 1.29 is 4.79 Å². The van der Waals surface area contributed by atoms with E-state index in [0.29, 0.717) is 35.3 Å². The van der Waals surface area contributed by atoms with Crippen molar-refractivity contribution in [3.63, 3.8) is 0 Å². The first-order valence-corrected chi connectivity index (χ1v) is 6.97. The van der Waals surface area contributed by atoms with Gasteiger partial charge in [-0.1, -0.05) is 0 Å². The minimum Gasteiger partial charge on any atom is -0.338 e. The Balaban J connectivity index is 1.84. The Kier molecular flexibility index (Phi) is 4.18. The van der Waals surface area contributed by atoms with Gasteiger partial charge in [-0.25, -0.2) is 29.7 Å². The maximum absolute atomic E-state index is 11.5. The summed E-state index contributed by atoms with van der Waals surface area (Å²) in [6.07, 6.45) is 4.81. The number of anilines is 3. The number of nitrogens with zero attached hydrogens (tertiary/aromatic N) is 5. The van der Waals surface area contributed by atoms with Gasteiger partial charge in [0.1, 0.15) is 11.3 Å². The average molecular weight is 310 g/mol. The van der Waals surface area contributed by atoms with Gasteiger partial charge in [0.25, 0.3) is 0 Å². The van der Waals surface area contributed by atoms with Gasteiger partial charge in [-0.3, -0.25) is 5.32 Å². The summed E-state index contributed by atoms with van der Waals surface area (Å²) in [4.78, 5) is 32.5. The number of rotatable bonds is 4. The molecule has 0 saturated heterocycles. The molecule has 116 valence electrons. The second-order valence-corrected chi connectivity index (χ2v) is 4.48. The molecule has 0 radical (unpaired) electrons. The van der Waals surface area contributed by atoms with Gasteiger partial charge in [0, 0.05) is 18.9 Å². The van der Waals surface area contributed by atoms with Crippen LogP contribution in [-0.2, 0) is 0 Å². The van der Waals surface area contributed by atoms with E-state index < -0.39 is 0 Å². The molecule has 0 aliphatic carbocycles. The molecule has 2 amide bonds. The van der Waals surface area contributed by atoms with E-state index in [1.165, 1.54) is 0 Å². The molecule has 0 bridgehead atoms. The maximum Gasteiger partial charge on any atom is 0.320 e. The second-order valence-electron chi connectivity index (χ2n) is 4.48. The van der Waals surface area contributed by atoms with Crippen LogP contribution in [0.25, 0.3) is 11.2 Å². The molecular formula is C14H14N8O. The smallest absolute Gasteiger partial charge is 0.320 e. The average Bonchev–Trinajstić information content (AvgIpc) is 2.56. The van der Waals surface area contributed by atoms with Crippen molar-refractivity contribution in [3.05, 3.63) is 36.8 Å². The highest BCUT2D eigenvalue weighted by Gasteiger charge is 2.06. The van der Waals surface area contributed by atoms with Gasteiger partial charge in [0.05, 0.1) is 6.20 Å². The van der Waals surface area contributed by atoms with E-state index in [4.69, 9.17) is 0 Å². The SMILES string of the molecule is CCNC(=O)Nc1ccc2ncc(Nc3ncccn3)nc2n1. The monoisotopic (exact) mass is 310 g/mol. The summed E-state index contributed by atoms with van der Waals surface area (Å²) in [5, 5.41) is 8.20. The summed E-state index contributed by atoms with van der Waals surface area (Å²) in [6, 6.07) is 4.80.